The van der Waals surface area contributed by atoms with Crippen molar-refractivity contribution < 1.29 is 13.5 Å². The summed E-state index contributed by atoms with van der Waals surface area (Å²) in [6.45, 7) is 0. The third-order valence-electron chi connectivity index (χ3n) is 4.31. The van der Waals surface area contributed by atoms with Crippen LogP contribution in [0.2, 0.25) is 0 Å². The Morgan fingerprint density at radius 1 is 1.14 bits per heavy atom. The van der Waals surface area contributed by atoms with Gasteiger partial charge in [0, 0.05) is 55.0 Å². The number of amidine groups is 1. The molecule has 0 fully saturated rings. The van der Waals surface area contributed by atoms with Gasteiger partial charge < -0.3 is 10.1 Å². The predicted octanol–water partition coefficient (Wildman–Crippen LogP) is 4.38. The number of nitrogens with zero attached hydrogens (tertiary/aromatic N) is 3. The van der Waals surface area contributed by atoms with Crippen molar-refractivity contribution in [2.75, 3.05) is 21.2 Å². The molecule has 0 aliphatic heterocycles. The maximum Gasteiger partial charge on any atom is 0.157 e. The van der Waals surface area contributed by atoms with Gasteiger partial charge in [-0.05, 0) is 30.3 Å². The standard InChI is InChI=1S/C22H20F2N4O/c1-25-22(26-2)17-8-7-16(18-11-15(23)6-9-19(18)29-3)20(24)21(17)28-13-14-5-4-10-27-12-14/h4-13H,1-3H3,(H,25,26). The highest BCUT2D eigenvalue weighted by molar-refractivity contribution is 6.04. The quantitative estimate of drug-likeness (QED) is 0.516. The second kappa shape index (κ2) is 9.05. The van der Waals surface area contributed by atoms with Gasteiger partial charge in [-0.15, -0.1) is 0 Å². The third kappa shape index (κ3) is 4.29. The molecular formula is C22H20F2N4O. The van der Waals surface area contributed by atoms with E-state index in [0.717, 1.165) is 0 Å². The van der Waals surface area contributed by atoms with Gasteiger partial charge in [-0.3, -0.25) is 15.0 Å². The smallest absolute Gasteiger partial charge is 0.157 e. The summed E-state index contributed by atoms with van der Waals surface area (Å²) in [4.78, 5) is 12.5. The van der Waals surface area contributed by atoms with Gasteiger partial charge in [-0.25, -0.2) is 8.78 Å². The molecule has 2 aromatic carbocycles. The Balaban J connectivity index is 2.22. The van der Waals surface area contributed by atoms with Crippen molar-refractivity contribution in [2.45, 2.75) is 0 Å². The fourth-order valence-corrected chi connectivity index (χ4v) is 2.94. The fourth-order valence-electron chi connectivity index (χ4n) is 2.94. The van der Waals surface area contributed by atoms with Crippen LogP contribution in [0, 0.1) is 11.6 Å². The van der Waals surface area contributed by atoms with Crippen molar-refractivity contribution in [1.82, 2.24) is 10.3 Å². The Morgan fingerprint density at radius 3 is 2.62 bits per heavy atom. The normalized spacial score (nSPS) is 11.7. The van der Waals surface area contributed by atoms with Crippen molar-refractivity contribution in [3.05, 3.63) is 77.6 Å². The van der Waals surface area contributed by atoms with Crippen molar-refractivity contribution >= 4 is 17.7 Å². The average Bonchev–Trinajstić information content (AvgIpc) is 2.75. The molecule has 0 bridgehead atoms. The molecule has 0 atom stereocenters. The average molecular weight is 394 g/mol. The summed E-state index contributed by atoms with van der Waals surface area (Å²) in [5, 5.41) is 2.94. The summed E-state index contributed by atoms with van der Waals surface area (Å²) in [7, 11) is 4.74. The molecule has 0 aliphatic carbocycles. The van der Waals surface area contributed by atoms with Crippen LogP contribution in [-0.2, 0) is 0 Å². The summed E-state index contributed by atoms with van der Waals surface area (Å²) < 4.78 is 34.7. The molecule has 0 saturated carbocycles. The number of hydrogen-bond acceptors (Lipinski definition) is 4. The summed E-state index contributed by atoms with van der Waals surface area (Å²) >= 11 is 0. The van der Waals surface area contributed by atoms with Crippen LogP contribution >= 0.6 is 0 Å². The van der Waals surface area contributed by atoms with Gasteiger partial charge in [0.2, 0.25) is 0 Å². The van der Waals surface area contributed by atoms with Gasteiger partial charge in [0.05, 0.1) is 7.11 Å². The molecule has 0 unspecified atom stereocenters. The zero-order valence-corrected chi connectivity index (χ0v) is 16.3. The van der Waals surface area contributed by atoms with Gasteiger partial charge in [0.15, 0.2) is 5.82 Å². The number of aliphatic imine (C=N–C) groups is 2. The number of pyridine rings is 1. The summed E-state index contributed by atoms with van der Waals surface area (Å²) in [6.07, 6.45) is 4.78. The number of halogens is 2. The number of aromatic nitrogens is 1. The minimum Gasteiger partial charge on any atom is -0.496 e. The Hall–Kier alpha value is -3.61. The molecular weight excluding hydrogens is 374 g/mol. The molecule has 1 heterocycles. The lowest BCUT2D eigenvalue weighted by molar-refractivity contribution is 0.415. The lowest BCUT2D eigenvalue weighted by atomic mass is 9.99. The number of hydrogen-bond donors (Lipinski definition) is 1. The van der Waals surface area contributed by atoms with Crippen molar-refractivity contribution in [2.24, 2.45) is 9.98 Å². The van der Waals surface area contributed by atoms with Crippen LogP contribution in [-0.4, -0.2) is 38.2 Å². The van der Waals surface area contributed by atoms with E-state index in [1.165, 1.54) is 31.5 Å². The minimum atomic E-state index is -0.608. The molecule has 1 N–H and O–H groups in total. The second-order valence-corrected chi connectivity index (χ2v) is 6.03. The number of benzene rings is 2. The molecule has 29 heavy (non-hydrogen) atoms. The third-order valence-corrected chi connectivity index (χ3v) is 4.31. The second-order valence-electron chi connectivity index (χ2n) is 6.03. The number of ether oxygens (including phenoxy) is 1. The molecule has 0 spiro atoms. The SMILES string of the molecule is CN=C(NC)c1ccc(-c2cc(F)ccc2OC)c(F)c1N=Cc1cccnc1. The predicted molar refractivity (Wildman–Crippen MR) is 111 cm³/mol. The van der Waals surface area contributed by atoms with Gasteiger partial charge in [0.1, 0.15) is 23.1 Å². The van der Waals surface area contributed by atoms with E-state index in [2.05, 4.69) is 20.3 Å². The highest BCUT2D eigenvalue weighted by Crippen LogP contribution is 2.37. The topological polar surface area (TPSA) is 58.9 Å². The van der Waals surface area contributed by atoms with Crippen LogP contribution in [0.5, 0.6) is 5.75 Å². The first kappa shape index (κ1) is 20.1. The Bertz CT molecular complexity index is 1070. The molecule has 0 saturated heterocycles. The van der Waals surface area contributed by atoms with Gasteiger partial charge in [-0.1, -0.05) is 12.1 Å². The molecule has 0 radical (unpaired) electrons. The van der Waals surface area contributed by atoms with Crippen LogP contribution in [0.25, 0.3) is 11.1 Å². The molecule has 1 aromatic heterocycles. The van der Waals surface area contributed by atoms with E-state index >= 15 is 4.39 Å². The maximum absolute atomic E-state index is 15.6. The van der Waals surface area contributed by atoms with E-state index in [4.69, 9.17) is 4.74 Å². The van der Waals surface area contributed by atoms with Gasteiger partial charge in [0.25, 0.3) is 0 Å². The van der Waals surface area contributed by atoms with E-state index < -0.39 is 11.6 Å². The van der Waals surface area contributed by atoms with E-state index in [0.29, 0.717) is 28.3 Å². The number of nitrogens with one attached hydrogen (secondary N) is 1. The first-order valence-corrected chi connectivity index (χ1v) is 8.84. The molecule has 3 aromatic rings. The van der Waals surface area contributed by atoms with Crippen LogP contribution in [0.4, 0.5) is 14.5 Å². The monoisotopic (exact) mass is 394 g/mol. The molecule has 0 aliphatic rings. The summed E-state index contributed by atoms with van der Waals surface area (Å²) in [6, 6.07) is 10.8. The highest BCUT2D eigenvalue weighted by Gasteiger charge is 2.19. The number of rotatable bonds is 5. The van der Waals surface area contributed by atoms with Gasteiger partial charge >= 0.3 is 0 Å². The molecule has 3 rings (SSSR count). The van der Waals surface area contributed by atoms with E-state index in [-0.39, 0.29) is 11.3 Å². The number of methoxy groups -OCH3 is 1. The van der Waals surface area contributed by atoms with E-state index in [1.54, 1.807) is 50.8 Å². The Kier molecular flexibility index (Phi) is 6.29. The Morgan fingerprint density at radius 2 is 1.97 bits per heavy atom. The van der Waals surface area contributed by atoms with E-state index in [9.17, 15) is 4.39 Å². The first-order valence-electron chi connectivity index (χ1n) is 8.84. The lowest BCUT2D eigenvalue weighted by Gasteiger charge is -2.14. The van der Waals surface area contributed by atoms with Crippen LogP contribution in [0.1, 0.15) is 11.1 Å². The minimum absolute atomic E-state index is 0.0765. The van der Waals surface area contributed by atoms with Crippen molar-refractivity contribution in [3.63, 3.8) is 0 Å². The van der Waals surface area contributed by atoms with Crippen LogP contribution < -0.4 is 10.1 Å². The summed E-state index contributed by atoms with van der Waals surface area (Å²) in [5.74, 6) is -0.267. The molecule has 148 valence electrons. The first-order chi connectivity index (χ1) is 14.1. The maximum atomic E-state index is 15.6. The zero-order chi connectivity index (χ0) is 20.8. The molecule has 5 nitrogen and oxygen atoms in total. The molecule has 0 amide bonds. The van der Waals surface area contributed by atoms with Crippen molar-refractivity contribution in [1.29, 1.82) is 0 Å². The van der Waals surface area contributed by atoms with Crippen LogP contribution in [0.3, 0.4) is 0 Å². The highest BCUT2D eigenvalue weighted by atomic mass is 19.1. The van der Waals surface area contributed by atoms with Gasteiger partial charge in [-0.2, -0.15) is 0 Å². The lowest BCUT2D eigenvalue weighted by Crippen LogP contribution is -2.20. The van der Waals surface area contributed by atoms with E-state index in [1.807, 2.05) is 0 Å². The summed E-state index contributed by atoms with van der Waals surface area (Å²) in [5.41, 5.74) is 1.74. The van der Waals surface area contributed by atoms with Crippen molar-refractivity contribution in [3.8, 4) is 16.9 Å². The largest absolute Gasteiger partial charge is 0.496 e. The fraction of sp³-hybridized carbons (Fsp3) is 0.136. The Labute approximate surface area is 167 Å². The molecule has 7 heteroatoms. The zero-order valence-electron chi connectivity index (χ0n) is 16.3. The van der Waals surface area contributed by atoms with Crippen LogP contribution in [0.15, 0.2) is 64.8 Å².